The van der Waals surface area contributed by atoms with E-state index in [0.717, 1.165) is 49.9 Å². The molecule has 2 heterocycles. The van der Waals surface area contributed by atoms with Crippen LogP contribution in [0.4, 0.5) is 0 Å². The van der Waals surface area contributed by atoms with Crippen molar-refractivity contribution in [2.75, 3.05) is 19.6 Å². The van der Waals surface area contributed by atoms with E-state index in [1.165, 1.54) is 5.56 Å². The average molecular weight is 348 g/mol. The number of carbonyl (C=O) groups is 1. The van der Waals surface area contributed by atoms with Gasteiger partial charge < -0.3 is 5.32 Å². The number of rotatable bonds is 5. The molecule has 1 amide bonds. The molecule has 1 aromatic heterocycles. The van der Waals surface area contributed by atoms with Gasteiger partial charge in [0.2, 0.25) is 0 Å². The fourth-order valence-corrected chi connectivity index (χ4v) is 3.65. The van der Waals surface area contributed by atoms with E-state index in [1.807, 2.05) is 24.3 Å². The maximum Gasteiger partial charge on any atom is 0.272 e. The number of nitrogens with one attached hydrogen (secondary N) is 2. The number of amides is 1. The van der Waals surface area contributed by atoms with Gasteiger partial charge >= 0.3 is 0 Å². The Labute approximate surface area is 153 Å². The lowest BCUT2D eigenvalue weighted by Crippen LogP contribution is -2.38. The maximum absolute atomic E-state index is 12.5. The summed E-state index contributed by atoms with van der Waals surface area (Å²) < 4.78 is 0. The van der Waals surface area contributed by atoms with E-state index in [1.54, 1.807) is 0 Å². The Hall–Kier alpha value is -2.66. The van der Waals surface area contributed by atoms with Crippen LogP contribution in [0.3, 0.4) is 0 Å². The van der Waals surface area contributed by atoms with Crippen LogP contribution in [0.5, 0.6) is 0 Å². The second-order valence-electron chi connectivity index (χ2n) is 7.03. The monoisotopic (exact) mass is 348 g/mol. The lowest BCUT2D eigenvalue weighted by atomic mass is 9.96. The molecule has 0 radical (unpaired) electrons. The molecule has 4 rings (SSSR count). The summed E-state index contributed by atoms with van der Waals surface area (Å²) in [5.74, 6) is 0.449. The number of carbonyl (C=O) groups excluding carboxylic acids is 1. The zero-order valence-corrected chi connectivity index (χ0v) is 14.8. The Morgan fingerprint density at radius 3 is 2.62 bits per heavy atom. The quantitative estimate of drug-likeness (QED) is 0.744. The van der Waals surface area contributed by atoms with Crippen molar-refractivity contribution < 1.29 is 4.79 Å². The number of H-pyrrole nitrogens is 1. The number of likely N-dealkylation sites (tertiary alicyclic amines) is 1. The Balaban J connectivity index is 1.26. The second-order valence-corrected chi connectivity index (χ2v) is 7.03. The Morgan fingerprint density at radius 1 is 1.08 bits per heavy atom. The summed E-state index contributed by atoms with van der Waals surface area (Å²) in [5.41, 5.74) is 2.75. The largest absolute Gasteiger partial charge is 0.350 e. The van der Waals surface area contributed by atoms with Gasteiger partial charge in [0.25, 0.3) is 5.91 Å². The zero-order valence-electron chi connectivity index (χ0n) is 14.8. The van der Waals surface area contributed by atoms with Crippen molar-refractivity contribution in [3.63, 3.8) is 0 Å². The van der Waals surface area contributed by atoms with Gasteiger partial charge in [-0.1, -0.05) is 48.5 Å². The van der Waals surface area contributed by atoms with Crippen LogP contribution < -0.4 is 5.32 Å². The van der Waals surface area contributed by atoms with E-state index in [4.69, 9.17) is 0 Å². The highest BCUT2D eigenvalue weighted by atomic mass is 16.1. The summed E-state index contributed by atoms with van der Waals surface area (Å²) in [4.78, 5) is 15.0. The van der Waals surface area contributed by atoms with E-state index in [0.29, 0.717) is 11.6 Å². The molecule has 134 valence electrons. The molecule has 1 aliphatic heterocycles. The van der Waals surface area contributed by atoms with E-state index in [2.05, 4.69) is 50.7 Å². The molecule has 0 spiro atoms. The standard InChI is InChI=1S/C21H24N4O/c26-21(20-18-8-4-5-9-19(18)23-24-20)22-14-16-10-12-25(13-11-16)15-17-6-2-1-3-7-17/h1-9,16H,10-15H2,(H,22,26)(H,23,24). The summed E-state index contributed by atoms with van der Waals surface area (Å²) >= 11 is 0. The van der Waals surface area contributed by atoms with Crippen LogP contribution in [0.2, 0.25) is 0 Å². The van der Waals surface area contributed by atoms with Crippen LogP contribution in [-0.2, 0) is 6.54 Å². The maximum atomic E-state index is 12.5. The summed E-state index contributed by atoms with van der Waals surface area (Å²) in [6, 6.07) is 18.3. The first kappa shape index (κ1) is 16.8. The van der Waals surface area contributed by atoms with Crippen LogP contribution in [0, 0.1) is 5.92 Å². The van der Waals surface area contributed by atoms with Gasteiger partial charge in [0, 0.05) is 18.5 Å². The first-order chi connectivity index (χ1) is 12.8. The Bertz CT molecular complexity index is 866. The molecular weight excluding hydrogens is 324 g/mol. The highest BCUT2D eigenvalue weighted by Gasteiger charge is 2.21. The van der Waals surface area contributed by atoms with Crippen LogP contribution >= 0.6 is 0 Å². The van der Waals surface area contributed by atoms with Gasteiger partial charge in [0.05, 0.1) is 5.52 Å². The molecule has 0 unspecified atom stereocenters. The summed E-state index contributed by atoms with van der Waals surface area (Å²) in [5, 5.41) is 11.0. The first-order valence-corrected chi connectivity index (χ1v) is 9.27. The molecule has 0 saturated carbocycles. The minimum absolute atomic E-state index is 0.0887. The zero-order chi connectivity index (χ0) is 17.8. The average Bonchev–Trinajstić information content (AvgIpc) is 3.12. The molecule has 0 bridgehead atoms. The highest BCUT2D eigenvalue weighted by Crippen LogP contribution is 2.19. The molecule has 2 aromatic carbocycles. The van der Waals surface area contributed by atoms with Crippen molar-refractivity contribution in [3.8, 4) is 0 Å². The van der Waals surface area contributed by atoms with E-state index >= 15 is 0 Å². The Kier molecular flexibility index (Phi) is 4.97. The number of fused-ring (bicyclic) bond motifs is 1. The summed E-state index contributed by atoms with van der Waals surface area (Å²) in [6.45, 7) is 3.90. The van der Waals surface area contributed by atoms with Crippen molar-refractivity contribution in [2.24, 2.45) is 5.92 Å². The van der Waals surface area contributed by atoms with Crippen molar-refractivity contribution in [3.05, 3.63) is 65.9 Å². The second kappa shape index (κ2) is 7.70. The predicted octanol–water partition coefficient (Wildman–Crippen LogP) is 3.20. The number of nitrogens with zero attached hydrogens (tertiary/aromatic N) is 2. The third-order valence-corrected chi connectivity index (χ3v) is 5.19. The summed E-state index contributed by atoms with van der Waals surface area (Å²) in [6.07, 6.45) is 2.24. The minimum Gasteiger partial charge on any atom is -0.350 e. The number of para-hydroxylation sites is 1. The van der Waals surface area contributed by atoms with Crippen LogP contribution in [-0.4, -0.2) is 40.6 Å². The van der Waals surface area contributed by atoms with Crippen LogP contribution in [0.15, 0.2) is 54.6 Å². The molecule has 5 nitrogen and oxygen atoms in total. The van der Waals surface area contributed by atoms with E-state index in [-0.39, 0.29) is 5.91 Å². The third kappa shape index (κ3) is 3.78. The van der Waals surface area contributed by atoms with Crippen LogP contribution in [0.1, 0.15) is 28.9 Å². The number of piperidine rings is 1. The number of aromatic amines is 1. The first-order valence-electron chi connectivity index (χ1n) is 9.27. The molecule has 1 aliphatic rings. The SMILES string of the molecule is O=C(NCC1CCN(Cc2ccccc2)CC1)c1n[nH]c2ccccc12. The molecule has 3 aromatic rings. The van der Waals surface area contributed by atoms with Gasteiger partial charge in [-0.15, -0.1) is 0 Å². The molecule has 0 atom stereocenters. The van der Waals surface area contributed by atoms with Gasteiger partial charge in [-0.3, -0.25) is 14.8 Å². The molecular formula is C21H24N4O. The van der Waals surface area contributed by atoms with Gasteiger partial charge in [-0.05, 0) is 43.5 Å². The molecule has 1 saturated heterocycles. The van der Waals surface area contributed by atoms with Gasteiger partial charge in [-0.2, -0.15) is 5.10 Å². The smallest absolute Gasteiger partial charge is 0.272 e. The molecule has 1 fully saturated rings. The van der Waals surface area contributed by atoms with Crippen molar-refractivity contribution in [1.29, 1.82) is 0 Å². The van der Waals surface area contributed by atoms with Gasteiger partial charge in [-0.25, -0.2) is 0 Å². The van der Waals surface area contributed by atoms with Crippen molar-refractivity contribution in [2.45, 2.75) is 19.4 Å². The molecule has 5 heteroatoms. The predicted molar refractivity (Wildman–Crippen MR) is 103 cm³/mol. The Morgan fingerprint density at radius 2 is 1.81 bits per heavy atom. The third-order valence-electron chi connectivity index (χ3n) is 5.19. The van der Waals surface area contributed by atoms with Crippen molar-refractivity contribution in [1.82, 2.24) is 20.4 Å². The number of aromatic nitrogens is 2. The van der Waals surface area contributed by atoms with Gasteiger partial charge in [0.1, 0.15) is 0 Å². The lowest BCUT2D eigenvalue weighted by molar-refractivity contribution is 0.0932. The van der Waals surface area contributed by atoms with Crippen molar-refractivity contribution >= 4 is 16.8 Å². The molecule has 2 N–H and O–H groups in total. The normalized spacial score (nSPS) is 16.0. The minimum atomic E-state index is -0.0887. The van der Waals surface area contributed by atoms with E-state index in [9.17, 15) is 4.79 Å². The fraction of sp³-hybridized carbons (Fsp3) is 0.333. The molecule has 26 heavy (non-hydrogen) atoms. The van der Waals surface area contributed by atoms with E-state index < -0.39 is 0 Å². The number of benzene rings is 2. The summed E-state index contributed by atoms with van der Waals surface area (Å²) in [7, 11) is 0. The highest BCUT2D eigenvalue weighted by molar-refractivity contribution is 6.04. The number of hydrogen-bond donors (Lipinski definition) is 2. The number of hydrogen-bond acceptors (Lipinski definition) is 3. The lowest BCUT2D eigenvalue weighted by Gasteiger charge is -2.32. The van der Waals surface area contributed by atoms with Crippen LogP contribution in [0.25, 0.3) is 10.9 Å². The van der Waals surface area contributed by atoms with Gasteiger partial charge in [0.15, 0.2) is 5.69 Å². The topological polar surface area (TPSA) is 61.0 Å². The molecule has 0 aliphatic carbocycles. The fourth-order valence-electron chi connectivity index (χ4n) is 3.65.